The first-order valence-electron chi connectivity index (χ1n) is 8.04. The molecule has 0 bridgehead atoms. The summed E-state index contributed by atoms with van der Waals surface area (Å²) in [5.41, 5.74) is 5.39. The van der Waals surface area contributed by atoms with Crippen LogP contribution >= 0.6 is 11.6 Å². The van der Waals surface area contributed by atoms with Gasteiger partial charge in [-0.25, -0.2) is 4.98 Å². The molecule has 26 heavy (non-hydrogen) atoms. The van der Waals surface area contributed by atoms with Gasteiger partial charge in [-0.05, 0) is 25.0 Å². The summed E-state index contributed by atoms with van der Waals surface area (Å²) in [6, 6.07) is 2.96. The molecule has 1 aromatic heterocycles. The van der Waals surface area contributed by atoms with Gasteiger partial charge in [-0.1, -0.05) is 11.6 Å². The lowest BCUT2D eigenvalue weighted by Crippen LogP contribution is -2.25. The van der Waals surface area contributed by atoms with E-state index in [0.29, 0.717) is 12.1 Å². The van der Waals surface area contributed by atoms with E-state index in [1.54, 1.807) is 12.5 Å². The molecule has 1 heterocycles. The van der Waals surface area contributed by atoms with Gasteiger partial charge >= 0.3 is 0 Å². The van der Waals surface area contributed by atoms with Crippen LogP contribution in [0, 0.1) is 0 Å². The number of rotatable bonds is 10. The van der Waals surface area contributed by atoms with Crippen LogP contribution < -0.4 is 20.5 Å². The molecule has 0 atom stereocenters. The summed E-state index contributed by atoms with van der Waals surface area (Å²) in [6.45, 7) is 1.05. The highest BCUT2D eigenvalue weighted by Gasteiger charge is 2.16. The molecular weight excluding hydrogens is 360 g/mol. The Morgan fingerprint density at radius 3 is 2.81 bits per heavy atom. The Bertz CT molecular complexity index is 749. The van der Waals surface area contributed by atoms with Crippen molar-refractivity contribution in [3.8, 4) is 11.5 Å². The number of primary amides is 1. The number of unbranched alkanes of at least 4 members (excludes halogenated alkanes) is 1. The van der Waals surface area contributed by atoms with Crippen LogP contribution in [0.15, 0.2) is 30.9 Å². The quantitative estimate of drug-likeness (QED) is 0.609. The van der Waals surface area contributed by atoms with E-state index >= 15 is 0 Å². The summed E-state index contributed by atoms with van der Waals surface area (Å²) in [7, 11) is 1.42. The lowest BCUT2D eigenvalue weighted by Gasteiger charge is -2.13. The van der Waals surface area contributed by atoms with Crippen LogP contribution in [-0.4, -0.2) is 41.6 Å². The van der Waals surface area contributed by atoms with Gasteiger partial charge < -0.3 is 25.1 Å². The zero-order valence-corrected chi connectivity index (χ0v) is 15.2. The number of nitrogens with zero attached hydrogens (tertiary/aromatic N) is 2. The van der Waals surface area contributed by atoms with Gasteiger partial charge in [0, 0.05) is 31.0 Å². The largest absolute Gasteiger partial charge is 0.493 e. The Morgan fingerprint density at radius 1 is 1.35 bits per heavy atom. The number of methoxy groups -OCH3 is 1. The predicted octanol–water partition coefficient (Wildman–Crippen LogP) is 1.62. The average Bonchev–Trinajstić information content (AvgIpc) is 3.12. The fourth-order valence-electron chi connectivity index (χ4n) is 2.28. The number of imidazole rings is 1. The van der Waals surface area contributed by atoms with E-state index in [1.165, 1.54) is 19.2 Å². The number of carbonyl (C=O) groups is 2. The first-order chi connectivity index (χ1) is 12.5. The zero-order valence-electron chi connectivity index (χ0n) is 14.4. The van der Waals surface area contributed by atoms with Gasteiger partial charge in [-0.15, -0.1) is 0 Å². The number of nitrogens with two attached hydrogens (primary N) is 1. The number of nitrogens with one attached hydrogen (secondary N) is 1. The van der Waals surface area contributed by atoms with E-state index in [9.17, 15) is 9.59 Å². The zero-order chi connectivity index (χ0) is 18.9. The van der Waals surface area contributed by atoms with Crippen LogP contribution in [0.1, 0.15) is 23.2 Å². The molecule has 2 amide bonds. The van der Waals surface area contributed by atoms with E-state index in [2.05, 4.69) is 10.3 Å². The maximum atomic E-state index is 12.3. The summed E-state index contributed by atoms with van der Waals surface area (Å²) in [6.07, 6.45) is 7.13. The third-order valence-electron chi connectivity index (χ3n) is 3.54. The van der Waals surface area contributed by atoms with Crippen molar-refractivity contribution in [2.45, 2.75) is 19.4 Å². The number of hydrogen-bond acceptors (Lipinski definition) is 5. The van der Waals surface area contributed by atoms with Gasteiger partial charge in [0.2, 0.25) is 0 Å². The maximum absolute atomic E-state index is 12.3. The van der Waals surface area contributed by atoms with Gasteiger partial charge in [-0.2, -0.15) is 0 Å². The molecular formula is C17H21ClN4O4. The Labute approximate surface area is 156 Å². The summed E-state index contributed by atoms with van der Waals surface area (Å²) < 4.78 is 12.4. The molecule has 140 valence electrons. The van der Waals surface area contributed by atoms with E-state index < -0.39 is 5.91 Å². The van der Waals surface area contributed by atoms with Crippen molar-refractivity contribution >= 4 is 23.4 Å². The van der Waals surface area contributed by atoms with Crippen LogP contribution in [0.2, 0.25) is 5.02 Å². The third kappa shape index (κ3) is 5.66. The minimum atomic E-state index is -0.638. The summed E-state index contributed by atoms with van der Waals surface area (Å²) in [5.74, 6) is -0.483. The summed E-state index contributed by atoms with van der Waals surface area (Å²) in [5, 5.41) is 3.00. The molecule has 2 rings (SSSR count). The molecule has 0 saturated heterocycles. The van der Waals surface area contributed by atoms with Gasteiger partial charge in [0.1, 0.15) is 0 Å². The molecule has 1 aromatic carbocycles. The number of aryl methyl sites for hydroxylation is 1. The second kappa shape index (κ2) is 9.67. The van der Waals surface area contributed by atoms with E-state index in [0.717, 1.165) is 19.4 Å². The third-order valence-corrected chi connectivity index (χ3v) is 3.82. The molecule has 0 aliphatic heterocycles. The number of ether oxygens (including phenoxy) is 2. The Morgan fingerprint density at radius 2 is 2.15 bits per heavy atom. The SMILES string of the molecule is COc1cc(C(=O)NCCCCn2ccnc2)cc(Cl)c1OCC(N)=O. The molecule has 0 aliphatic rings. The number of halogens is 1. The summed E-state index contributed by atoms with van der Waals surface area (Å²) in [4.78, 5) is 27.1. The molecule has 0 fully saturated rings. The standard InChI is InChI=1S/C17H21ClN4O4/c1-25-14-9-12(8-13(18)16(14)26-10-15(19)23)17(24)21-4-2-3-6-22-7-5-20-11-22/h5,7-9,11H,2-4,6,10H2,1H3,(H2,19,23)(H,21,24). The molecule has 0 radical (unpaired) electrons. The minimum absolute atomic E-state index is 0.163. The van der Waals surface area contributed by atoms with Crippen molar-refractivity contribution < 1.29 is 19.1 Å². The van der Waals surface area contributed by atoms with Crippen LogP contribution in [-0.2, 0) is 11.3 Å². The van der Waals surface area contributed by atoms with E-state index in [4.69, 9.17) is 26.8 Å². The van der Waals surface area contributed by atoms with Crippen LogP contribution in [0.5, 0.6) is 11.5 Å². The fourth-order valence-corrected chi connectivity index (χ4v) is 2.54. The highest BCUT2D eigenvalue weighted by Crippen LogP contribution is 2.36. The first kappa shape index (κ1) is 19.6. The average molecular weight is 381 g/mol. The molecule has 3 N–H and O–H groups in total. The molecule has 0 spiro atoms. The van der Waals surface area contributed by atoms with Crippen molar-refractivity contribution in [2.24, 2.45) is 5.73 Å². The van der Waals surface area contributed by atoms with Crippen molar-refractivity contribution in [3.63, 3.8) is 0 Å². The van der Waals surface area contributed by atoms with E-state index in [1.807, 2.05) is 10.8 Å². The van der Waals surface area contributed by atoms with Crippen LogP contribution in [0.4, 0.5) is 0 Å². The number of hydrogen-bond donors (Lipinski definition) is 2. The molecule has 8 nitrogen and oxygen atoms in total. The van der Waals surface area contributed by atoms with E-state index in [-0.39, 0.29) is 29.0 Å². The predicted molar refractivity (Wildman–Crippen MR) is 96.5 cm³/mol. The lowest BCUT2D eigenvalue weighted by molar-refractivity contribution is -0.119. The van der Waals surface area contributed by atoms with Gasteiger partial charge in [0.05, 0.1) is 18.5 Å². The lowest BCUT2D eigenvalue weighted by atomic mass is 10.1. The second-order valence-electron chi connectivity index (χ2n) is 5.51. The number of aromatic nitrogens is 2. The van der Waals surface area contributed by atoms with Gasteiger partial charge in [0.25, 0.3) is 11.8 Å². The number of amides is 2. The van der Waals surface area contributed by atoms with Crippen LogP contribution in [0.25, 0.3) is 0 Å². The Hall–Kier alpha value is -2.74. The Balaban J connectivity index is 1.89. The molecule has 0 aliphatic carbocycles. The first-order valence-corrected chi connectivity index (χ1v) is 8.41. The molecule has 0 saturated carbocycles. The smallest absolute Gasteiger partial charge is 0.255 e. The number of carbonyl (C=O) groups excluding carboxylic acids is 2. The van der Waals surface area contributed by atoms with Gasteiger partial charge in [-0.3, -0.25) is 9.59 Å². The van der Waals surface area contributed by atoms with Crippen LogP contribution in [0.3, 0.4) is 0 Å². The van der Waals surface area contributed by atoms with Crippen molar-refractivity contribution in [1.82, 2.24) is 14.9 Å². The highest BCUT2D eigenvalue weighted by molar-refractivity contribution is 6.32. The van der Waals surface area contributed by atoms with Crippen molar-refractivity contribution in [2.75, 3.05) is 20.3 Å². The van der Waals surface area contributed by atoms with Crippen molar-refractivity contribution in [1.29, 1.82) is 0 Å². The Kier molecular flexibility index (Phi) is 7.28. The topological polar surface area (TPSA) is 108 Å². The molecule has 2 aromatic rings. The molecule has 0 unspecified atom stereocenters. The highest BCUT2D eigenvalue weighted by atomic mass is 35.5. The minimum Gasteiger partial charge on any atom is -0.493 e. The number of benzene rings is 1. The normalized spacial score (nSPS) is 10.4. The molecule has 9 heteroatoms. The monoisotopic (exact) mass is 380 g/mol. The van der Waals surface area contributed by atoms with Crippen molar-refractivity contribution in [3.05, 3.63) is 41.4 Å². The van der Waals surface area contributed by atoms with Gasteiger partial charge in [0.15, 0.2) is 18.1 Å². The summed E-state index contributed by atoms with van der Waals surface area (Å²) >= 11 is 6.14. The second-order valence-corrected chi connectivity index (χ2v) is 5.92. The maximum Gasteiger partial charge on any atom is 0.255 e. The fraction of sp³-hybridized carbons (Fsp3) is 0.353.